The zero-order valence-corrected chi connectivity index (χ0v) is 12.9. The number of rotatable bonds is 6. The minimum absolute atomic E-state index is 0.0614. The van der Waals surface area contributed by atoms with Crippen molar-refractivity contribution in [1.82, 2.24) is 5.43 Å². The van der Waals surface area contributed by atoms with Crippen molar-refractivity contribution in [3.8, 4) is 0 Å². The van der Waals surface area contributed by atoms with Gasteiger partial charge in [-0.3, -0.25) is 9.59 Å². The molecule has 0 saturated heterocycles. The number of benzene rings is 1. The quantitative estimate of drug-likeness (QED) is 0.844. The summed E-state index contributed by atoms with van der Waals surface area (Å²) in [5, 5.41) is 6.86. The van der Waals surface area contributed by atoms with Crippen LogP contribution in [-0.2, 0) is 14.3 Å². The molecule has 0 bridgehead atoms. The highest BCUT2D eigenvalue weighted by Gasteiger charge is 2.15. The maximum atomic E-state index is 11.9. The molecule has 0 spiro atoms. The lowest BCUT2D eigenvalue weighted by molar-refractivity contribution is -0.126. The number of ether oxygens (including phenoxy) is 1. The van der Waals surface area contributed by atoms with Crippen molar-refractivity contribution in [1.29, 1.82) is 0 Å². The topological polar surface area (TPSA) is 79.8 Å². The molecule has 0 saturated carbocycles. The van der Waals surface area contributed by atoms with Crippen molar-refractivity contribution in [2.45, 2.75) is 39.2 Å². The van der Waals surface area contributed by atoms with Gasteiger partial charge in [-0.1, -0.05) is 19.1 Å². The van der Waals surface area contributed by atoms with Crippen LogP contribution in [0.2, 0.25) is 0 Å². The van der Waals surface area contributed by atoms with E-state index in [-0.39, 0.29) is 11.8 Å². The summed E-state index contributed by atoms with van der Waals surface area (Å²) in [6.45, 7) is 4.30. The maximum Gasteiger partial charge on any atom is 0.253 e. The van der Waals surface area contributed by atoms with Gasteiger partial charge in [0.05, 0.1) is 5.71 Å². The van der Waals surface area contributed by atoms with E-state index in [0.717, 1.165) is 17.7 Å². The number of carbonyl (C=O) groups excluding carboxylic acids is 2. The smallest absolute Gasteiger partial charge is 0.253 e. The van der Waals surface area contributed by atoms with Gasteiger partial charge in [-0.25, -0.2) is 5.43 Å². The van der Waals surface area contributed by atoms with Crippen LogP contribution in [0.3, 0.4) is 0 Å². The van der Waals surface area contributed by atoms with Crippen molar-refractivity contribution in [3.05, 3.63) is 29.8 Å². The molecule has 0 radical (unpaired) electrons. The highest BCUT2D eigenvalue weighted by molar-refractivity contribution is 6.04. The molecule has 118 valence electrons. The summed E-state index contributed by atoms with van der Waals surface area (Å²) in [7, 11) is 0. The van der Waals surface area contributed by atoms with Crippen LogP contribution in [0, 0.1) is 0 Å². The van der Waals surface area contributed by atoms with E-state index in [2.05, 4.69) is 15.8 Å². The van der Waals surface area contributed by atoms with Gasteiger partial charge in [-0.2, -0.15) is 5.10 Å². The number of hydrazone groups is 1. The number of hydrogen-bond donors (Lipinski definition) is 2. The van der Waals surface area contributed by atoms with Crippen LogP contribution in [0.25, 0.3) is 0 Å². The van der Waals surface area contributed by atoms with Gasteiger partial charge in [0.25, 0.3) is 5.91 Å². The molecule has 1 heterocycles. The Morgan fingerprint density at radius 3 is 2.68 bits per heavy atom. The fraction of sp³-hybridized carbons (Fsp3) is 0.438. The molecule has 22 heavy (non-hydrogen) atoms. The van der Waals surface area contributed by atoms with Gasteiger partial charge >= 0.3 is 0 Å². The molecule has 1 atom stereocenters. The van der Waals surface area contributed by atoms with Crippen LogP contribution in [0.4, 0.5) is 5.69 Å². The van der Waals surface area contributed by atoms with Crippen LogP contribution in [0.5, 0.6) is 0 Å². The molecule has 1 aliphatic heterocycles. The molecule has 1 unspecified atom stereocenters. The molecule has 6 nitrogen and oxygen atoms in total. The van der Waals surface area contributed by atoms with Crippen LogP contribution in [-0.4, -0.2) is 30.2 Å². The van der Waals surface area contributed by atoms with E-state index in [0.29, 0.717) is 25.1 Å². The predicted molar refractivity (Wildman–Crippen MR) is 84.7 cm³/mol. The number of hydrogen-bond acceptors (Lipinski definition) is 4. The van der Waals surface area contributed by atoms with E-state index >= 15 is 0 Å². The minimum Gasteiger partial charge on any atom is -0.369 e. The van der Waals surface area contributed by atoms with E-state index in [1.165, 1.54) is 0 Å². The summed E-state index contributed by atoms with van der Waals surface area (Å²) in [5.74, 6) is -0.225. The lowest BCUT2D eigenvalue weighted by Crippen LogP contribution is -2.28. The molecule has 1 aliphatic rings. The Morgan fingerprint density at radius 2 is 2.09 bits per heavy atom. The minimum atomic E-state index is -0.474. The Bertz CT molecular complexity index is 567. The second kappa shape index (κ2) is 7.70. The fourth-order valence-corrected chi connectivity index (χ4v) is 2.04. The molecule has 0 aromatic heterocycles. The first-order valence-electron chi connectivity index (χ1n) is 7.48. The summed E-state index contributed by atoms with van der Waals surface area (Å²) in [6.07, 6.45) is 1.48. The molecular formula is C16H21N3O3. The van der Waals surface area contributed by atoms with Gasteiger partial charge < -0.3 is 10.1 Å². The summed E-state index contributed by atoms with van der Waals surface area (Å²) >= 11 is 0. The average Bonchev–Trinajstić information content (AvgIpc) is 2.54. The van der Waals surface area contributed by atoms with Gasteiger partial charge in [-0.05, 0) is 31.0 Å². The Labute approximate surface area is 129 Å². The van der Waals surface area contributed by atoms with Crippen molar-refractivity contribution in [3.63, 3.8) is 0 Å². The molecule has 0 aliphatic carbocycles. The lowest BCUT2D eigenvalue weighted by Gasteiger charge is -2.14. The molecule has 6 heteroatoms. The summed E-state index contributed by atoms with van der Waals surface area (Å²) in [4.78, 5) is 23.0. The first kappa shape index (κ1) is 16.2. The van der Waals surface area contributed by atoms with Gasteiger partial charge in [0.1, 0.15) is 6.10 Å². The molecule has 1 aromatic rings. The number of anilines is 1. The fourth-order valence-electron chi connectivity index (χ4n) is 2.04. The standard InChI is InChI=1S/C16H21N3O3/c1-3-10-22-11(2)16(21)17-13-6-4-12(5-7-13)14-8-9-15(20)19-18-14/h4-7,11H,3,8-10H2,1-2H3,(H,17,21)(H,19,20). The highest BCUT2D eigenvalue weighted by Crippen LogP contribution is 2.14. The molecule has 1 aromatic carbocycles. The maximum absolute atomic E-state index is 11.9. The SMILES string of the molecule is CCCOC(C)C(=O)Nc1ccc(C2=NNC(=O)CC2)cc1. The van der Waals surface area contributed by atoms with E-state index in [1.807, 2.05) is 31.2 Å². The summed E-state index contributed by atoms with van der Waals surface area (Å²) < 4.78 is 5.38. The number of amides is 2. The van der Waals surface area contributed by atoms with E-state index < -0.39 is 6.10 Å². The molecule has 2 N–H and O–H groups in total. The third-order valence-corrected chi connectivity index (χ3v) is 3.33. The third kappa shape index (κ3) is 4.39. The molecule has 2 amide bonds. The molecular weight excluding hydrogens is 282 g/mol. The molecule has 2 rings (SSSR count). The number of nitrogens with one attached hydrogen (secondary N) is 2. The average molecular weight is 303 g/mol. The van der Waals surface area contributed by atoms with Crippen LogP contribution in [0.1, 0.15) is 38.7 Å². The van der Waals surface area contributed by atoms with Crippen molar-refractivity contribution in [2.24, 2.45) is 5.10 Å². The van der Waals surface area contributed by atoms with Crippen LogP contribution in [0.15, 0.2) is 29.4 Å². The van der Waals surface area contributed by atoms with E-state index in [4.69, 9.17) is 4.74 Å². The normalized spacial score (nSPS) is 15.7. The van der Waals surface area contributed by atoms with Gasteiger partial charge in [0.2, 0.25) is 5.91 Å². The van der Waals surface area contributed by atoms with Gasteiger partial charge in [0, 0.05) is 25.1 Å². The van der Waals surface area contributed by atoms with Crippen molar-refractivity contribution in [2.75, 3.05) is 11.9 Å². The second-order valence-electron chi connectivity index (χ2n) is 5.17. The zero-order valence-electron chi connectivity index (χ0n) is 12.9. The zero-order chi connectivity index (χ0) is 15.9. The van der Waals surface area contributed by atoms with Gasteiger partial charge in [0.15, 0.2) is 0 Å². The first-order chi connectivity index (χ1) is 10.6. The van der Waals surface area contributed by atoms with E-state index in [9.17, 15) is 9.59 Å². The number of nitrogens with zero attached hydrogens (tertiary/aromatic N) is 1. The Morgan fingerprint density at radius 1 is 1.36 bits per heavy atom. The first-order valence-corrected chi connectivity index (χ1v) is 7.48. The Hall–Kier alpha value is -2.21. The van der Waals surface area contributed by atoms with Crippen LogP contribution < -0.4 is 10.7 Å². The van der Waals surface area contributed by atoms with Crippen molar-refractivity contribution < 1.29 is 14.3 Å². The molecule has 0 fully saturated rings. The second-order valence-corrected chi connectivity index (χ2v) is 5.17. The highest BCUT2D eigenvalue weighted by atomic mass is 16.5. The predicted octanol–water partition coefficient (Wildman–Crippen LogP) is 2.05. The third-order valence-electron chi connectivity index (χ3n) is 3.33. The lowest BCUT2D eigenvalue weighted by atomic mass is 10.0. The monoisotopic (exact) mass is 303 g/mol. The van der Waals surface area contributed by atoms with E-state index in [1.54, 1.807) is 6.92 Å². The number of carbonyl (C=O) groups is 2. The van der Waals surface area contributed by atoms with Crippen LogP contribution >= 0.6 is 0 Å². The largest absolute Gasteiger partial charge is 0.369 e. The Kier molecular flexibility index (Phi) is 5.66. The van der Waals surface area contributed by atoms with Crippen molar-refractivity contribution >= 4 is 23.2 Å². The summed E-state index contributed by atoms with van der Waals surface area (Å²) in [5.41, 5.74) is 4.97. The Balaban J connectivity index is 1.94. The summed E-state index contributed by atoms with van der Waals surface area (Å²) in [6, 6.07) is 7.39. The van der Waals surface area contributed by atoms with Gasteiger partial charge in [-0.15, -0.1) is 0 Å².